The highest BCUT2D eigenvalue weighted by Gasteiger charge is 2.21. The maximum absolute atomic E-state index is 11.4. The number of hydrogen-bond acceptors (Lipinski definition) is 2. The molecule has 1 aliphatic heterocycles. The number of pyridine rings is 1. The molecule has 1 aliphatic rings. The van der Waals surface area contributed by atoms with E-state index < -0.39 is 0 Å². The van der Waals surface area contributed by atoms with Gasteiger partial charge < -0.3 is 4.90 Å². The molecule has 0 N–H and O–H groups in total. The molecule has 2 rings (SSSR count). The fraction of sp³-hybridized carbons (Fsp3) is 0.538. The molecule has 1 unspecified atom stereocenters. The van der Waals surface area contributed by atoms with E-state index in [4.69, 9.17) is 0 Å². The summed E-state index contributed by atoms with van der Waals surface area (Å²) in [6.07, 6.45) is 7.04. The summed E-state index contributed by atoms with van der Waals surface area (Å²) in [5, 5.41) is 0. The minimum atomic E-state index is 0.196. The first kappa shape index (κ1) is 12.6. The van der Waals surface area contributed by atoms with Gasteiger partial charge in [-0.05, 0) is 52.7 Å². The van der Waals surface area contributed by atoms with Crippen molar-refractivity contribution in [2.24, 2.45) is 5.92 Å². The molecule has 0 saturated carbocycles. The minimum Gasteiger partial charge on any atom is -0.343 e. The van der Waals surface area contributed by atoms with Gasteiger partial charge in [-0.15, -0.1) is 0 Å². The fourth-order valence-corrected chi connectivity index (χ4v) is 2.83. The van der Waals surface area contributed by atoms with Gasteiger partial charge in [0.25, 0.3) is 0 Å². The summed E-state index contributed by atoms with van der Waals surface area (Å²) in [6.45, 7) is 3.47. The van der Waals surface area contributed by atoms with E-state index in [0.29, 0.717) is 5.92 Å². The SMILES string of the molecule is CC(=O)N1CCCC(Cc2cncc(Br)c2)C1. The first-order chi connectivity index (χ1) is 8.15. The summed E-state index contributed by atoms with van der Waals surface area (Å²) in [5.41, 5.74) is 1.25. The van der Waals surface area contributed by atoms with Gasteiger partial charge in [-0.1, -0.05) is 0 Å². The molecule has 0 spiro atoms. The molecule has 1 atom stereocenters. The molecule has 0 aromatic carbocycles. The van der Waals surface area contributed by atoms with Gasteiger partial charge in [-0.3, -0.25) is 9.78 Å². The largest absolute Gasteiger partial charge is 0.343 e. The molecule has 0 aliphatic carbocycles. The highest BCUT2D eigenvalue weighted by molar-refractivity contribution is 9.10. The third-order valence-electron chi connectivity index (χ3n) is 3.25. The zero-order valence-electron chi connectivity index (χ0n) is 10.0. The Morgan fingerprint density at radius 1 is 1.59 bits per heavy atom. The summed E-state index contributed by atoms with van der Waals surface area (Å²) in [4.78, 5) is 17.5. The number of hydrogen-bond donors (Lipinski definition) is 0. The molecule has 1 fully saturated rings. The van der Waals surface area contributed by atoms with Crippen LogP contribution in [0.25, 0.3) is 0 Å². The Labute approximate surface area is 110 Å². The van der Waals surface area contributed by atoms with E-state index in [1.807, 2.05) is 11.1 Å². The summed E-state index contributed by atoms with van der Waals surface area (Å²) in [6, 6.07) is 2.11. The van der Waals surface area contributed by atoms with Gasteiger partial charge in [0.1, 0.15) is 0 Å². The number of halogens is 1. The lowest BCUT2D eigenvalue weighted by Gasteiger charge is -2.32. The lowest BCUT2D eigenvalue weighted by molar-refractivity contribution is -0.130. The molecule has 0 bridgehead atoms. The first-order valence-corrected chi connectivity index (χ1v) is 6.79. The van der Waals surface area contributed by atoms with Crippen LogP contribution in [-0.2, 0) is 11.2 Å². The molecule has 1 aromatic rings. The van der Waals surface area contributed by atoms with Crippen LogP contribution in [0.4, 0.5) is 0 Å². The molecule has 2 heterocycles. The molecule has 0 radical (unpaired) electrons. The normalized spacial score (nSPS) is 20.4. The number of amides is 1. The predicted octanol–water partition coefficient (Wildman–Crippen LogP) is 2.65. The highest BCUT2D eigenvalue weighted by Crippen LogP contribution is 2.21. The summed E-state index contributed by atoms with van der Waals surface area (Å²) >= 11 is 3.44. The molecule has 4 heteroatoms. The standard InChI is InChI=1S/C13H17BrN2O/c1-10(17)16-4-2-3-11(9-16)5-12-6-13(14)8-15-7-12/h6-8,11H,2-5,9H2,1H3. The van der Waals surface area contributed by atoms with E-state index in [1.165, 1.54) is 12.0 Å². The van der Waals surface area contributed by atoms with Crippen LogP contribution in [0, 0.1) is 5.92 Å². The zero-order valence-corrected chi connectivity index (χ0v) is 11.6. The fourth-order valence-electron chi connectivity index (χ4n) is 2.42. The van der Waals surface area contributed by atoms with Gasteiger partial charge in [0.05, 0.1) is 0 Å². The number of aromatic nitrogens is 1. The predicted molar refractivity (Wildman–Crippen MR) is 70.6 cm³/mol. The van der Waals surface area contributed by atoms with Crippen LogP contribution in [0.2, 0.25) is 0 Å². The Morgan fingerprint density at radius 3 is 3.12 bits per heavy atom. The quantitative estimate of drug-likeness (QED) is 0.841. The first-order valence-electron chi connectivity index (χ1n) is 6.00. The van der Waals surface area contributed by atoms with Crippen molar-refractivity contribution in [3.05, 3.63) is 28.5 Å². The monoisotopic (exact) mass is 296 g/mol. The maximum atomic E-state index is 11.4. The third-order valence-corrected chi connectivity index (χ3v) is 3.68. The van der Waals surface area contributed by atoms with E-state index in [-0.39, 0.29) is 5.91 Å². The number of rotatable bonds is 2. The number of likely N-dealkylation sites (tertiary alicyclic amines) is 1. The Hall–Kier alpha value is -0.900. The number of piperidine rings is 1. The third kappa shape index (κ3) is 3.53. The van der Waals surface area contributed by atoms with Crippen LogP contribution >= 0.6 is 15.9 Å². The maximum Gasteiger partial charge on any atom is 0.219 e. The summed E-state index contributed by atoms with van der Waals surface area (Å²) in [7, 11) is 0. The van der Waals surface area contributed by atoms with Crippen molar-refractivity contribution in [1.82, 2.24) is 9.88 Å². The number of carbonyl (C=O) groups is 1. The second-order valence-corrected chi connectivity index (χ2v) is 5.60. The highest BCUT2D eigenvalue weighted by atomic mass is 79.9. The van der Waals surface area contributed by atoms with Crippen LogP contribution in [0.15, 0.2) is 22.9 Å². The Kier molecular flexibility index (Phi) is 4.15. The van der Waals surface area contributed by atoms with Crippen LogP contribution in [0.3, 0.4) is 0 Å². The average molecular weight is 297 g/mol. The lowest BCUT2D eigenvalue weighted by atomic mass is 9.92. The Bertz CT molecular complexity index is 408. The molecule has 1 amide bonds. The van der Waals surface area contributed by atoms with Crippen molar-refractivity contribution in [1.29, 1.82) is 0 Å². The van der Waals surface area contributed by atoms with Gasteiger partial charge in [0.2, 0.25) is 5.91 Å². The number of carbonyl (C=O) groups excluding carboxylic acids is 1. The second kappa shape index (κ2) is 5.63. The Balaban J connectivity index is 1.97. The molecular formula is C13H17BrN2O. The van der Waals surface area contributed by atoms with Gasteiger partial charge in [0, 0.05) is 36.9 Å². The average Bonchev–Trinajstić information content (AvgIpc) is 2.29. The van der Waals surface area contributed by atoms with Crippen molar-refractivity contribution in [3.63, 3.8) is 0 Å². The van der Waals surface area contributed by atoms with Crippen LogP contribution < -0.4 is 0 Å². The molecule has 1 saturated heterocycles. The van der Waals surface area contributed by atoms with Crippen LogP contribution in [0.5, 0.6) is 0 Å². The summed E-state index contributed by atoms with van der Waals surface area (Å²) in [5.74, 6) is 0.769. The molecule has 3 nitrogen and oxygen atoms in total. The molecule has 17 heavy (non-hydrogen) atoms. The van der Waals surface area contributed by atoms with Gasteiger partial charge >= 0.3 is 0 Å². The van der Waals surface area contributed by atoms with Crippen molar-refractivity contribution in [2.75, 3.05) is 13.1 Å². The van der Waals surface area contributed by atoms with Crippen LogP contribution in [0.1, 0.15) is 25.3 Å². The number of nitrogens with zero attached hydrogens (tertiary/aromatic N) is 2. The molecule has 1 aromatic heterocycles. The molecular weight excluding hydrogens is 280 g/mol. The second-order valence-electron chi connectivity index (χ2n) is 4.69. The van der Waals surface area contributed by atoms with Crippen molar-refractivity contribution in [2.45, 2.75) is 26.2 Å². The molecule has 92 valence electrons. The van der Waals surface area contributed by atoms with Crippen molar-refractivity contribution < 1.29 is 4.79 Å². The van der Waals surface area contributed by atoms with E-state index in [2.05, 4.69) is 27.0 Å². The van der Waals surface area contributed by atoms with Crippen molar-refractivity contribution >= 4 is 21.8 Å². The van der Waals surface area contributed by atoms with E-state index in [9.17, 15) is 4.79 Å². The topological polar surface area (TPSA) is 33.2 Å². The van der Waals surface area contributed by atoms with E-state index in [0.717, 1.165) is 30.4 Å². The van der Waals surface area contributed by atoms with E-state index >= 15 is 0 Å². The van der Waals surface area contributed by atoms with E-state index in [1.54, 1.807) is 13.1 Å². The zero-order chi connectivity index (χ0) is 12.3. The summed E-state index contributed by atoms with van der Waals surface area (Å²) < 4.78 is 1.02. The lowest BCUT2D eigenvalue weighted by Crippen LogP contribution is -2.39. The van der Waals surface area contributed by atoms with Crippen LogP contribution in [-0.4, -0.2) is 28.9 Å². The van der Waals surface area contributed by atoms with Crippen molar-refractivity contribution in [3.8, 4) is 0 Å². The Morgan fingerprint density at radius 2 is 2.41 bits per heavy atom. The smallest absolute Gasteiger partial charge is 0.219 e. The minimum absolute atomic E-state index is 0.196. The van der Waals surface area contributed by atoms with Gasteiger partial charge in [0.15, 0.2) is 0 Å². The van der Waals surface area contributed by atoms with Gasteiger partial charge in [-0.25, -0.2) is 0 Å². The van der Waals surface area contributed by atoms with Gasteiger partial charge in [-0.2, -0.15) is 0 Å².